The molecule has 0 saturated carbocycles. The highest BCUT2D eigenvalue weighted by Gasteiger charge is 2.13. The molecule has 0 aliphatic rings. The third-order valence-electron chi connectivity index (χ3n) is 2.19. The topological polar surface area (TPSA) is 58.1 Å². The van der Waals surface area contributed by atoms with Gasteiger partial charge in [-0.2, -0.15) is 0 Å². The highest BCUT2D eigenvalue weighted by atomic mass is 35.5. The second-order valence-electron chi connectivity index (χ2n) is 3.35. The van der Waals surface area contributed by atoms with Crippen molar-refractivity contribution in [1.82, 2.24) is 20.2 Å². The number of hydrogen-bond acceptors (Lipinski definition) is 4. The van der Waals surface area contributed by atoms with Crippen molar-refractivity contribution < 1.29 is 4.79 Å². The molecule has 1 heterocycles. The summed E-state index contributed by atoms with van der Waals surface area (Å²) in [5, 5.41) is 2.99. The Balaban J connectivity index is 0.00000225. The van der Waals surface area contributed by atoms with Crippen molar-refractivity contribution in [3.63, 3.8) is 0 Å². The number of hydrogen-bond donors (Lipinski definition) is 1. The first kappa shape index (κ1) is 14.8. The molecule has 0 saturated heterocycles. The van der Waals surface area contributed by atoms with Gasteiger partial charge in [-0.15, -0.1) is 12.4 Å². The number of aryl methyl sites for hydroxylation is 1. The van der Waals surface area contributed by atoms with Crippen LogP contribution in [0, 0.1) is 6.92 Å². The number of nitrogens with one attached hydrogen (secondary N) is 1. The predicted octanol–water partition coefficient (Wildman–Crippen LogP) is 0.498. The van der Waals surface area contributed by atoms with Crippen LogP contribution < -0.4 is 5.32 Å². The maximum Gasteiger partial charge on any atom is 0.257 e. The van der Waals surface area contributed by atoms with E-state index in [2.05, 4.69) is 15.3 Å². The Morgan fingerprint density at radius 2 is 2.25 bits per heavy atom. The normalized spacial score (nSPS) is 9.44. The molecule has 5 nitrogen and oxygen atoms in total. The average molecular weight is 245 g/mol. The van der Waals surface area contributed by atoms with E-state index in [0.717, 1.165) is 6.54 Å². The summed E-state index contributed by atoms with van der Waals surface area (Å²) >= 11 is 0. The molecule has 1 amide bonds. The summed E-state index contributed by atoms with van der Waals surface area (Å²) in [5.41, 5.74) is 1.28. The first-order valence-electron chi connectivity index (χ1n) is 4.83. The summed E-state index contributed by atoms with van der Waals surface area (Å²) < 4.78 is 0. The van der Waals surface area contributed by atoms with Gasteiger partial charge in [-0.1, -0.05) is 0 Å². The van der Waals surface area contributed by atoms with Crippen LogP contribution in [0.4, 0.5) is 0 Å². The van der Waals surface area contributed by atoms with Crippen molar-refractivity contribution >= 4 is 18.3 Å². The fourth-order valence-electron chi connectivity index (χ4n) is 1.19. The molecule has 6 heteroatoms. The van der Waals surface area contributed by atoms with E-state index in [0.29, 0.717) is 17.8 Å². The van der Waals surface area contributed by atoms with Gasteiger partial charge in [0, 0.05) is 26.3 Å². The largest absolute Gasteiger partial charge is 0.340 e. The molecule has 0 fully saturated rings. The van der Waals surface area contributed by atoms with Crippen molar-refractivity contribution in [2.45, 2.75) is 6.92 Å². The molecule has 0 unspecified atom stereocenters. The molecule has 0 atom stereocenters. The Morgan fingerprint density at radius 1 is 1.56 bits per heavy atom. The van der Waals surface area contributed by atoms with Crippen LogP contribution in [-0.2, 0) is 0 Å². The molecule has 0 bridgehead atoms. The lowest BCUT2D eigenvalue weighted by Crippen LogP contribution is -2.33. The van der Waals surface area contributed by atoms with Crippen molar-refractivity contribution in [2.75, 3.05) is 27.2 Å². The van der Waals surface area contributed by atoms with Crippen LogP contribution >= 0.6 is 12.4 Å². The van der Waals surface area contributed by atoms with Crippen LogP contribution in [0.2, 0.25) is 0 Å². The number of likely N-dealkylation sites (N-methyl/N-ethyl adjacent to an activating group) is 2. The van der Waals surface area contributed by atoms with Gasteiger partial charge >= 0.3 is 0 Å². The summed E-state index contributed by atoms with van der Waals surface area (Å²) in [6.07, 6.45) is 3.00. The highest BCUT2D eigenvalue weighted by molar-refractivity contribution is 5.94. The maximum absolute atomic E-state index is 11.9. The lowest BCUT2D eigenvalue weighted by molar-refractivity contribution is 0.0795. The number of aromatic nitrogens is 2. The molecule has 0 spiro atoms. The fraction of sp³-hybridized carbons (Fsp3) is 0.500. The van der Waals surface area contributed by atoms with Crippen LogP contribution in [0.1, 0.15) is 16.1 Å². The smallest absolute Gasteiger partial charge is 0.257 e. The van der Waals surface area contributed by atoms with Gasteiger partial charge in [-0.3, -0.25) is 4.79 Å². The zero-order chi connectivity index (χ0) is 11.3. The molecule has 0 aliphatic carbocycles. The van der Waals surface area contributed by atoms with Gasteiger partial charge < -0.3 is 10.2 Å². The van der Waals surface area contributed by atoms with Gasteiger partial charge in [0.1, 0.15) is 6.33 Å². The lowest BCUT2D eigenvalue weighted by atomic mass is 10.2. The molecule has 1 aromatic rings. The first-order valence-corrected chi connectivity index (χ1v) is 4.83. The van der Waals surface area contributed by atoms with E-state index >= 15 is 0 Å². The standard InChI is InChI=1S/C10H16N4O.ClH/c1-8-9(6-12-7-13-8)10(15)14(3)5-4-11-2;/h6-7,11H,4-5H2,1-3H3;1H. The minimum absolute atomic E-state index is 0. The molecule has 0 aliphatic heterocycles. The second-order valence-corrected chi connectivity index (χ2v) is 3.35. The van der Waals surface area contributed by atoms with Crippen LogP contribution in [0.25, 0.3) is 0 Å². The van der Waals surface area contributed by atoms with Gasteiger partial charge in [0.2, 0.25) is 0 Å². The molecule has 1 rings (SSSR count). The Kier molecular flexibility index (Phi) is 6.60. The van der Waals surface area contributed by atoms with Gasteiger partial charge in [0.15, 0.2) is 0 Å². The average Bonchev–Trinajstić information content (AvgIpc) is 2.25. The maximum atomic E-state index is 11.9. The van der Waals surface area contributed by atoms with E-state index in [4.69, 9.17) is 0 Å². The Bertz CT molecular complexity index is 345. The summed E-state index contributed by atoms with van der Waals surface area (Å²) in [6.45, 7) is 3.25. The van der Waals surface area contributed by atoms with E-state index < -0.39 is 0 Å². The molecule has 16 heavy (non-hydrogen) atoms. The van der Waals surface area contributed by atoms with Crippen LogP contribution in [0.5, 0.6) is 0 Å². The number of carbonyl (C=O) groups excluding carboxylic acids is 1. The molecule has 1 N–H and O–H groups in total. The van der Waals surface area contributed by atoms with E-state index in [-0.39, 0.29) is 18.3 Å². The molecule has 90 valence electrons. The summed E-state index contributed by atoms with van der Waals surface area (Å²) in [6, 6.07) is 0. The Morgan fingerprint density at radius 3 is 2.81 bits per heavy atom. The van der Waals surface area contributed by atoms with E-state index in [1.165, 1.54) is 6.33 Å². The van der Waals surface area contributed by atoms with Crippen LogP contribution in [-0.4, -0.2) is 48.0 Å². The number of rotatable bonds is 4. The predicted molar refractivity (Wildman–Crippen MR) is 64.9 cm³/mol. The molecular weight excluding hydrogens is 228 g/mol. The minimum Gasteiger partial charge on any atom is -0.340 e. The van der Waals surface area contributed by atoms with Gasteiger partial charge in [-0.25, -0.2) is 9.97 Å². The fourth-order valence-corrected chi connectivity index (χ4v) is 1.19. The van der Waals surface area contributed by atoms with Crippen LogP contribution in [0.3, 0.4) is 0 Å². The van der Waals surface area contributed by atoms with E-state index in [1.807, 2.05) is 7.05 Å². The Hall–Kier alpha value is -1.20. The van der Waals surface area contributed by atoms with Crippen molar-refractivity contribution in [1.29, 1.82) is 0 Å². The molecule has 1 aromatic heterocycles. The van der Waals surface area contributed by atoms with Crippen molar-refractivity contribution in [3.8, 4) is 0 Å². The zero-order valence-electron chi connectivity index (χ0n) is 9.73. The highest BCUT2D eigenvalue weighted by Crippen LogP contribution is 2.04. The first-order chi connectivity index (χ1) is 7.16. The summed E-state index contributed by atoms with van der Waals surface area (Å²) in [7, 11) is 3.63. The number of amides is 1. The SMILES string of the molecule is CNCCN(C)C(=O)c1cncnc1C.Cl. The van der Waals surface area contributed by atoms with E-state index in [1.54, 1.807) is 25.1 Å². The van der Waals surface area contributed by atoms with Gasteiger partial charge in [0.05, 0.1) is 11.3 Å². The van der Waals surface area contributed by atoms with Crippen molar-refractivity contribution in [3.05, 3.63) is 23.8 Å². The van der Waals surface area contributed by atoms with Crippen LogP contribution in [0.15, 0.2) is 12.5 Å². The molecular formula is C10H17ClN4O. The summed E-state index contributed by atoms with van der Waals surface area (Å²) in [4.78, 5) is 21.4. The third kappa shape index (κ3) is 3.75. The number of nitrogens with zero attached hydrogens (tertiary/aromatic N) is 3. The second kappa shape index (κ2) is 7.14. The minimum atomic E-state index is -0.0386. The monoisotopic (exact) mass is 244 g/mol. The number of halogens is 1. The molecule has 0 radical (unpaired) electrons. The zero-order valence-corrected chi connectivity index (χ0v) is 10.5. The Labute approximate surface area is 102 Å². The van der Waals surface area contributed by atoms with Crippen molar-refractivity contribution in [2.24, 2.45) is 0 Å². The third-order valence-corrected chi connectivity index (χ3v) is 2.19. The summed E-state index contributed by atoms with van der Waals surface area (Å²) in [5.74, 6) is -0.0386. The van der Waals surface area contributed by atoms with Gasteiger partial charge in [0.25, 0.3) is 5.91 Å². The molecule has 0 aromatic carbocycles. The quantitative estimate of drug-likeness (QED) is 0.838. The number of carbonyl (C=O) groups is 1. The lowest BCUT2D eigenvalue weighted by Gasteiger charge is -2.17. The van der Waals surface area contributed by atoms with Gasteiger partial charge in [-0.05, 0) is 14.0 Å². The van der Waals surface area contributed by atoms with E-state index in [9.17, 15) is 4.79 Å².